The molecule has 0 bridgehead atoms. The SMILES string of the molecule is CCCCC(Cc1cc(C(C)(C)C)c(O)c(C(C)(C)C)c1)(C(=O)OC)C(=O)OC. The molecule has 0 aliphatic heterocycles. The van der Waals surface area contributed by atoms with Gasteiger partial charge in [0.25, 0.3) is 0 Å². The van der Waals surface area contributed by atoms with Gasteiger partial charge in [0.05, 0.1) is 14.2 Å². The fourth-order valence-electron chi connectivity index (χ4n) is 3.68. The van der Waals surface area contributed by atoms with E-state index in [0.717, 1.165) is 23.1 Å². The van der Waals surface area contributed by atoms with Gasteiger partial charge in [-0.25, -0.2) is 0 Å². The summed E-state index contributed by atoms with van der Waals surface area (Å²) >= 11 is 0. The number of carbonyl (C=O) groups is 2. The minimum atomic E-state index is -1.40. The van der Waals surface area contributed by atoms with Crippen molar-refractivity contribution in [3.8, 4) is 5.75 Å². The molecule has 0 aliphatic carbocycles. The van der Waals surface area contributed by atoms with Gasteiger partial charge in [0, 0.05) is 0 Å². The van der Waals surface area contributed by atoms with Crippen LogP contribution < -0.4 is 0 Å². The predicted octanol–water partition coefficient (Wildman–Crippen LogP) is 5.05. The van der Waals surface area contributed by atoms with Crippen molar-refractivity contribution in [1.29, 1.82) is 0 Å². The van der Waals surface area contributed by atoms with Gasteiger partial charge in [-0.3, -0.25) is 9.59 Å². The molecule has 0 saturated heterocycles. The molecule has 0 radical (unpaired) electrons. The van der Waals surface area contributed by atoms with Crippen LogP contribution in [0, 0.1) is 5.41 Å². The number of carbonyl (C=O) groups excluding carboxylic acids is 2. The van der Waals surface area contributed by atoms with E-state index in [0.29, 0.717) is 12.8 Å². The second-order valence-corrected chi connectivity index (χ2v) is 9.89. The number of phenolic OH excluding ortho intramolecular Hbond substituents is 1. The Kier molecular flexibility index (Phi) is 7.92. The Hall–Kier alpha value is -2.04. The molecular formula is C24H38O5. The van der Waals surface area contributed by atoms with Crippen LogP contribution in [0.5, 0.6) is 5.75 Å². The van der Waals surface area contributed by atoms with Crippen LogP contribution in [0.2, 0.25) is 0 Å². The van der Waals surface area contributed by atoms with E-state index >= 15 is 0 Å². The van der Waals surface area contributed by atoms with Crippen LogP contribution in [0.25, 0.3) is 0 Å². The highest BCUT2D eigenvalue weighted by molar-refractivity contribution is 6.00. The third-order valence-electron chi connectivity index (χ3n) is 5.40. The third-order valence-corrected chi connectivity index (χ3v) is 5.40. The third kappa shape index (κ3) is 5.52. The van der Waals surface area contributed by atoms with Gasteiger partial charge in [0.2, 0.25) is 0 Å². The summed E-state index contributed by atoms with van der Waals surface area (Å²) in [5.74, 6) is -0.898. The molecule has 1 N–H and O–H groups in total. The maximum absolute atomic E-state index is 12.8. The van der Waals surface area contributed by atoms with Crippen molar-refractivity contribution in [3.05, 3.63) is 28.8 Å². The van der Waals surface area contributed by atoms with Crippen molar-refractivity contribution in [2.45, 2.75) is 85.0 Å². The maximum Gasteiger partial charge on any atom is 0.323 e. The largest absolute Gasteiger partial charge is 0.507 e. The van der Waals surface area contributed by atoms with Crippen LogP contribution in [-0.4, -0.2) is 31.3 Å². The van der Waals surface area contributed by atoms with Gasteiger partial charge in [-0.15, -0.1) is 0 Å². The van der Waals surface area contributed by atoms with Crippen LogP contribution in [0.3, 0.4) is 0 Å². The lowest BCUT2D eigenvalue weighted by Gasteiger charge is -2.31. The van der Waals surface area contributed by atoms with E-state index in [9.17, 15) is 14.7 Å². The molecule has 0 aliphatic rings. The monoisotopic (exact) mass is 406 g/mol. The Morgan fingerprint density at radius 3 is 1.62 bits per heavy atom. The number of hydrogen-bond donors (Lipinski definition) is 1. The van der Waals surface area contributed by atoms with Crippen LogP contribution in [0.1, 0.15) is 84.4 Å². The molecule has 164 valence electrons. The van der Waals surface area contributed by atoms with Gasteiger partial charge in [-0.2, -0.15) is 0 Å². The van der Waals surface area contributed by atoms with E-state index in [2.05, 4.69) is 0 Å². The molecule has 0 saturated carbocycles. The molecule has 1 rings (SSSR count). The summed E-state index contributed by atoms with van der Waals surface area (Å²) < 4.78 is 10.1. The average molecular weight is 407 g/mol. The second-order valence-electron chi connectivity index (χ2n) is 9.89. The zero-order valence-corrected chi connectivity index (χ0v) is 19.6. The molecule has 1 aromatic rings. The summed E-state index contributed by atoms with van der Waals surface area (Å²) in [6.07, 6.45) is 2.05. The normalized spacial score (nSPS) is 12.6. The van der Waals surface area contributed by atoms with Crippen molar-refractivity contribution in [3.63, 3.8) is 0 Å². The van der Waals surface area contributed by atoms with Crippen LogP contribution in [-0.2, 0) is 36.3 Å². The lowest BCUT2D eigenvalue weighted by molar-refractivity contribution is -0.169. The fourth-order valence-corrected chi connectivity index (χ4v) is 3.68. The van der Waals surface area contributed by atoms with E-state index in [4.69, 9.17) is 9.47 Å². The fraction of sp³-hybridized carbons (Fsp3) is 0.667. The van der Waals surface area contributed by atoms with Gasteiger partial charge >= 0.3 is 11.9 Å². The first-order valence-electron chi connectivity index (χ1n) is 10.3. The Bertz CT molecular complexity index is 684. The zero-order chi connectivity index (χ0) is 22.6. The number of methoxy groups -OCH3 is 2. The highest BCUT2D eigenvalue weighted by atomic mass is 16.5. The average Bonchev–Trinajstić information content (AvgIpc) is 2.62. The van der Waals surface area contributed by atoms with E-state index in [1.54, 1.807) is 0 Å². The summed E-state index contributed by atoms with van der Waals surface area (Å²) in [6, 6.07) is 3.80. The summed E-state index contributed by atoms with van der Waals surface area (Å²) in [6.45, 7) is 14.2. The Labute approximate surface area is 175 Å². The molecule has 0 atom stereocenters. The van der Waals surface area contributed by atoms with Crippen molar-refractivity contribution in [2.75, 3.05) is 14.2 Å². The van der Waals surface area contributed by atoms with Crippen molar-refractivity contribution in [2.24, 2.45) is 5.41 Å². The molecule has 0 fully saturated rings. The van der Waals surface area contributed by atoms with Crippen LogP contribution in [0.4, 0.5) is 0 Å². The van der Waals surface area contributed by atoms with Crippen molar-refractivity contribution in [1.82, 2.24) is 0 Å². The molecule has 0 amide bonds. The molecular weight excluding hydrogens is 368 g/mol. The number of aromatic hydroxyl groups is 1. The van der Waals surface area contributed by atoms with E-state index < -0.39 is 17.4 Å². The van der Waals surface area contributed by atoms with Crippen LogP contribution in [0.15, 0.2) is 12.1 Å². The molecule has 0 spiro atoms. The Balaban J connectivity index is 3.71. The standard InChI is InChI=1S/C24H38O5/c1-10-11-12-24(20(26)28-8,21(27)29-9)15-16-13-17(22(2,3)4)19(25)18(14-16)23(5,6)7/h13-14,25H,10-12,15H2,1-9H3. The number of esters is 2. The van der Waals surface area contributed by atoms with E-state index in [1.807, 2.05) is 60.6 Å². The lowest BCUT2D eigenvalue weighted by atomic mass is 9.73. The second kappa shape index (κ2) is 9.19. The summed E-state index contributed by atoms with van der Waals surface area (Å²) in [7, 11) is 2.59. The molecule has 1 aromatic carbocycles. The minimum Gasteiger partial charge on any atom is -0.507 e. The molecule has 5 nitrogen and oxygen atoms in total. The predicted molar refractivity (Wildman–Crippen MR) is 115 cm³/mol. The Morgan fingerprint density at radius 2 is 1.31 bits per heavy atom. The first kappa shape index (κ1) is 25.0. The molecule has 0 heterocycles. The minimum absolute atomic E-state index is 0.165. The van der Waals surface area contributed by atoms with Gasteiger partial charge in [-0.1, -0.05) is 73.4 Å². The van der Waals surface area contributed by atoms with Gasteiger partial charge < -0.3 is 14.6 Å². The quantitative estimate of drug-likeness (QED) is 0.506. The molecule has 5 heteroatoms. The topological polar surface area (TPSA) is 72.8 Å². The number of benzene rings is 1. The molecule has 0 aromatic heterocycles. The van der Waals surface area contributed by atoms with E-state index in [1.165, 1.54) is 14.2 Å². The Morgan fingerprint density at radius 1 is 0.897 bits per heavy atom. The van der Waals surface area contributed by atoms with Gasteiger partial charge in [0.1, 0.15) is 5.75 Å². The van der Waals surface area contributed by atoms with Crippen LogP contribution >= 0.6 is 0 Å². The highest BCUT2D eigenvalue weighted by Gasteiger charge is 2.48. The maximum atomic E-state index is 12.8. The highest BCUT2D eigenvalue weighted by Crippen LogP contribution is 2.42. The van der Waals surface area contributed by atoms with Gasteiger partial charge in [0.15, 0.2) is 5.41 Å². The van der Waals surface area contributed by atoms with Crippen molar-refractivity contribution < 1.29 is 24.2 Å². The summed E-state index contributed by atoms with van der Waals surface area (Å²) in [5, 5.41) is 11.0. The first-order chi connectivity index (χ1) is 13.2. The number of unbranched alkanes of at least 4 members (excludes halogenated alkanes) is 1. The lowest BCUT2D eigenvalue weighted by Crippen LogP contribution is -2.43. The smallest absolute Gasteiger partial charge is 0.323 e. The molecule has 0 unspecified atom stereocenters. The summed E-state index contributed by atoms with van der Waals surface area (Å²) in [4.78, 5) is 25.6. The van der Waals surface area contributed by atoms with Crippen molar-refractivity contribution >= 4 is 11.9 Å². The molecule has 29 heavy (non-hydrogen) atoms. The van der Waals surface area contributed by atoms with Gasteiger partial charge in [-0.05, 0) is 40.4 Å². The number of hydrogen-bond acceptors (Lipinski definition) is 5. The first-order valence-corrected chi connectivity index (χ1v) is 10.3. The zero-order valence-electron chi connectivity index (χ0n) is 19.6. The summed E-state index contributed by atoms with van der Waals surface area (Å²) in [5.41, 5.74) is 0.384. The number of ether oxygens (including phenoxy) is 2. The number of rotatable bonds is 7. The number of phenols is 1. The van der Waals surface area contributed by atoms with E-state index in [-0.39, 0.29) is 23.0 Å².